The van der Waals surface area contributed by atoms with Crippen molar-refractivity contribution in [2.45, 2.75) is 83.0 Å². The highest BCUT2D eigenvalue weighted by Gasteiger charge is 2.48. The van der Waals surface area contributed by atoms with Crippen molar-refractivity contribution in [1.29, 1.82) is 0 Å². The molecule has 10 nitrogen and oxygen atoms in total. The van der Waals surface area contributed by atoms with Gasteiger partial charge >= 0.3 is 0 Å². The zero-order chi connectivity index (χ0) is 24.6. The maximum atomic E-state index is 12.9. The number of aromatic nitrogens is 6. The zero-order valence-corrected chi connectivity index (χ0v) is 22.6. The lowest BCUT2D eigenvalue weighted by Gasteiger charge is -2.45. The molecular weight excluding hydrogens is 458 g/mol. The van der Waals surface area contributed by atoms with Crippen LogP contribution in [0.4, 0.5) is 0 Å². The Morgan fingerprint density at radius 1 is 1.36 bits per heavy atom. The maximum absolute atomic E-state index is 12.9. The lowest BCUT2D eigenvalue weighted by atomic mass is 9.83. The third kappa shape index (κ3) is 5.72. The second-order valence-electron chi connectivity index (χ2n) is 10.2. The number of aryl methyl sites for hydroxylation is 3. The summed E-state index contributed by atoms with van der Waals surface area (Å²) in [4.78, 5) is 25.3. The molecule has 0 radical (unpaired) electrons. The summed E-state index contributed by atoms with van der Waals surface area (Å²) in [7, 11) is -0.219. The van der Waals surface area contributed by atoms with Crippen LogP contribution in [0.25, 0.3) is 0 Å². The third-order valence-electron chi connectivity index (χ3n) is 6.64. The molecule has 1 amide bonds. The second-order valence-corrected chi connectivity index (χ2v) is 16.0. The van der Waals surface area contributed by atoms with Crippen LogP contribution in [-0.2, 0) is 22.8 Å². The minimum Gasteiger partial charge on any atom is -0.413 e. The van der Waals surface area contributed by atoms with Crippen LogP contribution in [-0.4, -0.2) is 67.9 Å². The van der Waals surface area contributed by atoms with Crippen LogP contribution in [0.3, 0.4) is 0 Å². The lowest BCUT2D eigenvalue weighted by Crippen LogP contribution is -2.64. The van der Waals surface area contributed by atoms with Crippen LogP contribution in [0.1, 0.15) is 50.3 Å². The number of thioether (sulfide) groups is 1. The topological polar surface area (TPSA) is 117 Å². The van der Waals surface area contributed by atoms with Gasteiger partial charge in [-0.1, -0.05) is 32.5 Å². The Labute approximate surface area is 200 Å². The van der Waals surface area contributed by atoms with Gasteiger partial charge in [0.2, 0.25) is 11.1 Å². The minimum atomic E-state index is -2.01. The summed E-state index contributed by atoms with van der Waals surface area (Å²) in [5.74, 6) is 0.295. The van der Waals surface area contributed by atoms with Crippen molar-refractivity contribution in [1.82, 2.24) is 35.3 Å². The Morgan fingerprint density at radius 2 is 2.06 bits per heavy atom. The summed E-state index contributed by atoms with van der Waals surface area (Å²) in [6.07, 6.45) is -0.0129. The normalized spacial score (nSPS) is 19.8. The van der Waals surface area contributed by atoms with Crippen molar-refractivity contribution in [3.8, 4) is 0 Å². The molecule has 1 saturated heterocycles. The van der Waals surface area contributed by atoms with Crippen LogP contribution in [0, 0.1) is 12.8 Å². The Balaban J connectivity index is 1.57. The van der Waals surface area contributed by atoms with Gasteiger partial charge in [-0.25, -0.2) is 4.68 Å². The lowest BCUT2D eigenvalue weighted by molar-refractivity contribution is -0.139. The van der Waals surface area contributed by atoms with E-state index in [1.807, 2.05) is 24.6 Å². The first-order valence-corrected chi connectivity index (χ1v) is 15.1. The highest BCUT2D eigenvalue weighted by atomic mass is 32.2. The molecule has 0 aromatic carbocycles. The standard InChI is InChI=1S/C21H35N7O3SSi/c1-13-11-15(24-28(13)9-10-32-20-23-25-26-27(20)6)17(29)12-16-18(19(30)22-16)14(2)31-33(7,8)21(3,4)5/h11,14,16,18H,9-10,12H2,1-8H3,(H,22,30). The first-order chi connectivity index (χ1) is 15.3. The number of rotatable bonds is 10. The first kappa shape index (κ1) is 25.6. The van der Waals surface area contributed by atoms with Gasteiger partial charge in [-0.2, -0.15) is 5.10 Å². The Hall–Kier alpha value is -2.05. The second kappa shape index (κ2) is 9.67. The third-order valence-corrected chi connectivity index (χ3v) is 12.2. The van der Waals surface area contributed by atoms with Crippen molar-refractivity contribution < 1.29 is 14.0 Å². The summed E-state index contributed by atoms with van der Waals surface area (Å²) in [6.45, 7) is 15.4. The molecule has 3 atom stereocenters. The number of amides is 1. The van der Waals surface area contributed by atoms with E-state index in [-0.39, 0.29) is 41.2 Å². The van der Waals surface area contributed by atoms with E-state index in [0.717, 1.165) is 16.6 Å². The highest BCUT2D eigenvalue weighted by molar-refractivity contribution is 7.99. The molecule has 2 aromatic rings. The van der Waals surface area contributed by atoms with Crippen LogP contribution < -0.4 is 5.32 Å². The van der Waals surface area contributed by atoms with Crippen molar-refractivity contribution in [2.75, 3.05) is 5.75 Å². The van der Waals surface area contributed by atoms with Crippen LogP contribution in [0.5, 0.6) is 0 Å². The van der Waals surface area contributed by atoms with Crippen molar-refractivity contribution in [3.63, 3.8) is 0 Å². The largest absolute Gasteiger partial charge is 0.413 e. The van der Waals surface area contributed by atoms with Gasteiger partial charge in [-0.15, -0.1) is 5.10 Å². The fourth-order valence-corrected chi connectivity index (χ4v) is 5.83. The molecule has 0 aliphatic carbocycles. The van der Waals surface area contributed by atoms with E-state index >= 15 is 0 Å². The summed E-state index contributed by atoms with van der Waals surface area (Å²) in [5, 5.41) is 19.6. The maximum Gasteiger partial charge on any atom is 0.228 e. The average Bonchev–Trinajstić information content (AvgIpc) is 3.25. The quantitative estimate of drug-likeness (QED) is 0.232. The predicted molar refractivity (Wildman–Crippen MR) is 129 cm³/mol. The molecular formula is C21H35N7O3SSi. The van der Waals surface area contributed by atoms with Crippen LogP contribution >= 0.6 is 11.8 Å². The molecule has 1 N–H and O–H groups in total. The van der Waals surface area contributed by atoms with Crippen LogP contribution in [0.2, 0.25) is 18.1 Å². The summed E-state index contributed by atoms with van der Waals surface area (Å²) < 4.78 is 9.87. The number of carbonyl (C=O) groups is 2. The number of tetrazole rings is 1. The van der Waals surface area contributed by atoms with E-state index in [1.54, 1.807) is 11.7 Å². The first-order valence-electron chi connectivity index (χ1n) is 11.2. The molecule has 33 heavy (non-hydrogen) atoms. The molecule has 1 fully saturated rings. The van der Waals surface area contributed by atoms with Gasteiger partial charge in [-0.3, -0.25) is 14.3 Å². The minimum absolute atomic E-state index is 0.0454. The van der Waals surface area contributed by atoms with Gasteiger partial charge in [0, 0.05) is 24.9 Å². The van der Waals surface area contributed by atoms with Crippen molar-refractivity contribution >= 4 is 31.8 Å². The average molecular weight is 494 g/mol. The van der Waals surface area contributed by atoms with E-state index in [9.17, 15) is 9.59 Å². The van der Waals surface area contributed by atoms with Gasteiger partial charge in [-0.05, 0) is 48.5 Å². The molecule has 3 heterocycles. The molecule has 3 rings (SSSR count). The molecule has 2 aromatic heterocycles. The molecule has 1 aliphatic heterocycles. The Bertz CT molecular complexity index is 1010. The van der Waals surface area contributed by atoms with Gasteiger partial charge in [0.25, 0.3) is 0 Å². The molecule has 12 heteroatoms. The predicted octanol–water partition coefficient (Wildman–Crippen LogP) is 2.61. The fourth-order valence-electron chi connectivity index (χ4n) is 3.63. The van der Waals surface area contributed by atoms with Gasteiger partial charge < -0.3 is 9.74 Å². The summed E-state index contributed by atoms with van der Waals surface area (Å²) in [5.41, 5.74) is 1.34. The summed E-state index contributed by atoms with van der Waals surface area (Å²) >= 11 is 1.53. The van der Waals surface area contributed by atoms with Crippen molar-refractivity contribution in [2.24, 2.45) is 13.0 Å². The molecule has 3 unspecified atom stereocenters. The zero-order valence-electron chi connectivity index (χ0n) is 20.7. The summed E-state index contributed by atoms with van der Waals surface area (Å²) in [6, 6.07) is 1.58. The van der Waals surface area contributed by atoms with E-state index in [1.165, 1.54) is 11.8 Å². The highest BCUT2D eigenvalue weighted by Crippen LogP contribution is 2.39. The molecule has 182 valence electrons. The number of nitrogens with zero attached hydrogens (tertiary/aromatic N) is 6. The number of Topliss-reactive ketones (excluding diaryl/α,β-unsaturated/α-hetero) is 1. The fraction of sp³-hybridized carbons (Fsp3) is 0.714. The van der Waals surface area contributed by atoms with E-state index in [2.05, 4.69) is 59.8 Å². The van der Waals surface area contributed by atoms with Gasteiger partial charge in [0.05, 0.1) is 24.6 Å². The molecule has 1 aliphatic rings. The number of β-lactam (4-membered cyclic amide) rings is 1. The number of ketones is 1. The monoisotopic (exact) mass is 493 g/mol. The number of nitrogens with one attached hydrogen (secondary N) is 1. The van der Waals surface area contributed by atoms with Crippen molar-refractivity contribution in [3.05, 3.63) is 17.5 Å². The van der Waals surface area contributed by atoms with E-state index in [4.69, 9.17) is 4.43 Å². The number of hydrogen-bond acceptors (Lipinski definition) is 8. The SMILES string of the molecule is Cc1cc(C(=O)CC2NC(=O)C2C(C)O[Si](C)(C)C(C)(C)C)nn1CCSc1nnnn1C. The Kier molecular flexibility index (Phi) is 7.49. The van der Waals surface area contributed by atoms with Gasteiger partial charge in [0.15, 0.2) is 14.1 Å². The smallest absolute Gasteiger partial charge is 0.228 e. The Morgan fingerprint density at radius 3 is 2.64 bits per heavy atom. The van der Waals surface area contributed by atoms with E-state index in [0.29, 0.717) is 12.2 Å². The number of carbonyl (C=O) groups excluding carboxylic acids is 2. The number of hydrogen-bond donors (Lipinski definition) is 1. The van der Waals surface area contributed by atoms with E-state index < -0.39 is 8.32 Å². The van der Waals surface area contributed by atoms with Gasteiger partial charge in [0.1, 0.15) is 5.69 Å². The molecule has 0 bridgehead atoms. The molecule has 0 spiro atoms. The van der Waals surface area contributed by atoms with Crippen LogP contribution in [0.15, 0.2) is 11.2 Å². The molecule has 0 saturated carbocycles.